The summed E-state index contributed by atoms with van der Waals surface area (Å²) in [5, 5.41) is 4.71. The van der Waals surface area contributed by atoms with Crippen LogP contribution in [0.2, 0.25) is 0 Å². The van der Waals surface area contributed by atoms with E-state index in [-0.39, 0.29) is 35.6 Å². The SMILES string of the molecule is CC(C)CCC[C@@H](C)[C@H]1CC[C@H]2[C@@H]3/C(=N/OC(=O)/C=C/C=C/c4ccc5c(c4)OCO5)C=C4C[C@@H](OC(=O)c5ccccc5)CC[C@]4(C)[C@H]3CC[C@]12C. The van der Waals surface area contributed by atoms with Crippen molar-refractivity contribution < 1.29 is 28.6 Å². The first-order chi connectivity index (χ1) is 25.5. The van der Waals surface area contributed by atoms with E-state index in [0.29, 0.717) is 41.4 Å². The zero-order chi connectivity index (χ0) is 37.2. The van der Waals surface area contributed by atoms with E-state index in [2.05, 4.69) is 40.7 Å². The first-order valence-electron chi connectivity index (χ1n) is 20.1. The molecule has 282 valence electrons. The van der Waals surface area contributed by atoms with E-state index >= 15 is 0 Å². The van der Waals surface area contributed by atoms with Crippen LogP contribution in [0.25, 0.3) is 6.08 Å². The zero-order valence-corrected chi connectivity index (χ0v) is 32.2. The fourth-order valence-corrected chi connectivity index (χ4v) is 10.8. The molecule has 0 bridgehead atoms. The Bertz CT molecular complexity index is 1770. The van der Waals surface area contributed by atoms with Gasteiger partial charge in [0.15, 0.2) is 11.5 Å². The van der Waals surface area contributed by atoms with Gasteiger partial charge in [0.05, 0.1) is 11.3 Å². The van der Waals surface area contributed by atoms with Crippen molar-refractivity contribution in [3.63, 3.8) is 0 Å². The molecule has 1 aliphatic heterocycles. The van der Waals surface area contributed by atoms with E-state index in [4.69, 9.17) is 24.2 Å². The van der Waals surface area contributed by atoms with Crippen LogP contribution in [0.15, 0.2) is 83.6 Å². The number of benzene rings is 2. The highest BCUT2D eigenvalue weighted by atomic mass is 16.7. The van der Waals surface area contributed by atoms with Crippen LogP contribution >= 0.6 is 0 Å². The number of hydrogen-bond acceptors (Lipinski definition) is 7. The monoisotopic (exact) mass is 719 g/mol. The van der Waals surface area contributed by atoms with Gasteiger partial charge >= 0.3 is 11.9 Å². The second-order valence-electron chi connectivity index (χ2n) is 17.2. The Labute approximate surface area is 315 Å². The number of carbonyl (C=O) groups excluding carboxylic acids is 2. The van der Waals surface area contributed by atoms with Crippen molar-refractivity contribution in [1.82, 2.24) is 0 Å². The predicted molar refractivity (Wildman–Crippen MR) is 208 cm³/mol. The highest BCUT2D eigenvalue weighted by Crippen LogP contribution is 2.67. The molecule has 0 radical (unpaired) electrons. The standard InChI is InChI=1S/C46H57NO6/c1-30(2)12-11-13-31(3)36-19-20-37-43-38(23-25-46(36,37)5)45(4)24-22-35(52-44(49)33-15-7-6-8-16-33)27-34(45)28-39(43)47-53-42(48)17-10-9-14-32-18-21-40-41(26-32)51-29-50-40/h6-10,14-18,21,26,28,30-31,35-38,43H,11-13,19-20,22-25,27,29H2,1-5H3/b14-9+,17-10+,47-39+/t31-,35+,36-,37+,38+,43+,45+,46-/m1/s1. The fraction of sp³-hybridized carbons (Fsp3) is 0.543. The third-order valence-electron chi connectivity index (χ3n) is 13.7. The van der Waals surface area contributed by atoms with Gasteiger partial charge in [-0.25, -0.2) is 9.59 Å². The molecule has 0 N–H and O–H groups in total. The summed E-state index contributed by atoms with van der Waals surface area (Å²) < 4.78 is 17.0. The number of oxime groups is 1. The van der Waals surface area contributed by atoms with Crippen LogP contribution in [0.1, 0.15) is 115 Å². The summed E-state index contributed by atoms with van der Waals surface area (Å²) >= 11 is 0. The lowest BCUT2D eigenvalue weighted by Crippen LogP contribution is -2.54. The van der Waals surface area contributed by atoms with Gasteiger partial charge < -0.3 is 19.0 Å². The number of carbonyl (C=O) groups is 2. The molecule has 7 rings (SSSR count). The second kappa shape index (κ2) is 15.7. The number of fused-ring (bicyclic) bond motifs is 6. The molecule has 2 aromatic rings. The van der Waals surface area contributed by atoms with Crippen LogP contribution in [0.5, 0.6) is 11.5 Å². The molecule has 0 aromatic heterocycles. The van der Waals surface area contributed by atoms with Gasteiger partial charge in [-0.05, 0) is 115 Å². The quantitative estimate of drug-likeness (QED) is 0.0756. The molecule has 53 heavy (non-hydrogen) atoms. The molecule has 2 aromatic carbocycles. The van der Waals surface area contributed by atoms with Gasteiger partial charge in [0.2, 0.25) is 6.79 Å². The summed E-state index contributed by atoms with van der Waals surface area (Å²) in [6.07, 6.45) is 20.0. The highest BCUT2D eigenvalue weighted by Gasteiger charge is 2.61. The molecule has 0 saturated heterocycles. The number of esters is 1. The molecule has 7 nitrogen and oxygen atoms in total. The minimum Gasteiger partial charge on any atom is -0.458 e. The largest absolute Gasteiger partial charge is 0.458 e. The normalized spacial score (nSPS) is 31.6. The molecule has 0 unspecified atom stereocenters. The molecular weight excluding hydrogens is 663 g/mol. The number of nitrogens with zero attached hydrogens (tertiary/aromatic N) is 1. The lowest BCUT2D eigenvalue weighted by Gasteiger charge is -2.58. The van der Waals surface area contributed by atoms with Crippen LogP contribution < -0.4 is 9.47 Å². The minimum absolute atomic E-state index is 0.00886. The third-order valence-corrected chi connectivity index (χ3v) is 13.7. The van der Waals surface area contributed by atoms with E-state index < -0.39 is 5.97 Å². The van der Waals surface area contributed by atoms with Crippen LogP contribution in [0.3, 0.4) is 0 Å². The Kier molecular flexibility index (Phi) is 11.0. The van der Waals surface area contributed by atoms with Gasteiger partial charge in [0.25, 0.3) is 0 Å². The zero-order valence-electron chi connectivity index (χ0n) is 32.2. The summed E-state index contributed by atoms with van der Waals surface area (Å²) in [5.41, 5.74) is 3.90. The van der Waals surface area contributed by atoms with E-state index in [0.717, 1.165) is 42.2 Å². The maximum atomic E-state index is 13.1. The smallest absolute Gasteiger partial charge is 0.358 e. The number of rotatable bonds is 11. The van der Waals surface area contributed by atoms with Crippen LogP contribution in [0.4, 0.5) is 0 Å². The molecule has 7 heteroatoms. The van der Waals surface area contributed by atoms with Crippen molar-refractivity contribution in [2.24, 2.45) is 51.5 Å². The second-order valence-corrected chi connectivity index (χ2v) is 17.2. The molecule has 1 heterocycles. The van der Waals surface area contributed by atoms with Gasteiger partial charge in [-0.3, -0.25) is 0 Å². The summed E-state index contributed by atoms with van der Waals surface area (Å²) in [4.78, 5) is 31.8. The fourth-order valence-electron chi connectivity index (χ4n) is 10.8. The average Bonchev–Trinajstić information content (AvgIpc) is 3.76. The van der Waals surface area contributed by atoms with Crippen molar-refractivity contribution in [2.45, 2.75) is 105 Å². The molecular formula is C46H57NO6. The first kappa shape index (κ1) is 37.2. The van der Waals surface area contributed by atoms with Crippen molar-refractivity contribution in [3.05, 3.63) is 89.5 Å². The first-order valence-corrected chi connectivity index (χ1v) is 20.1. The van der Waals surface area contributed by atoms with Gasteiger partial charge in [0.1, 0.15) is 6.10 Å². The Morgan fingerprint density at radius 3 is 2.55 bits per heavy atom. The topological polar surface area (TPSA) is 83.4 Å². The van der Waals surface area contributed by atoms with Gasteiger partial charge in [-0.1, -0.05) is 107 Å². The van der Waals surface area contributed by atoms with Gasteiger partial charge in [-0.2, -0.15) is 0 Å². The third kappa shape index (κ3) is 7.77. The van der Waals surface area contributed by atoms with Crippen molar-refractivity contribution >= 4 is 23.7 Å². The van der Waals surface area contributed by atoms with E-state index in [1.807, 2.05) is 48.6 Å². The Morgan fingerprint density at radius 1 is 0.925 bits per heavy atom. The van der Waals surface area contributed by atoms with Crippen LogP contribution in [-0.4, -0.2) is 30.5 Å². The van der Waals surface area contributed by atoms with Gasteiger partial charge in [0, 0.05) is 18.4 Å². The van der Waals surface area contributed by atoms with Crippen molar-refractivity contribution in [3.8, 4) is 11.5 Å². The highest BCUT2D eigenvalue weighted by molar-refractivity contribution is 5.99. The minimum atomic E-state index is -0.504. The van der Waals surface area contributed by atoms with Gasteiger partial charge in [-0.15, -0.1) is 0 Å². The van der Waals surface area contributed by atoms with Crippen molar-refractivity contribution in [1.29, 1.82) is 0 Å². The Balaban J connectivity index is 1.11. The predicted octanol–water partition coefficient (Wildman–Crippen LogP) is 10.8. The van der Waals surface area contributed by atoms with Crippen LogP contribution in [-0.2, 0) is 14.4 Å². The van der Waals surface area contributed by atoms with Crippen molar-refractivity contribution in [2.75, 3.05) is 6.79 Å². The van der Waals surface area contributed by atoms with E-state index in [1.165, 1.54) is 50.2 Å². The summed E-state index contributed by atoms with van der Waals surface area (Å²) in [5.74, 6) is 3.91. The molecule has 4 aliphatic carbocycles. The lowest BCUT2D eigenvalue weighted by atomic mass is 9.46. The van der Waals surface area contributed by atoms with Crippen LogP contribution in [0, 0.1) is 46.3 Å². The Morgan fingerprint density at radius 2 is 1.74 bits per heavy atom. The average molecular weight is 720 g/mol. The molecule has 5 aliphatic rings. The number of hydrogen-bond donors (Lipinski definition) is 0. The lowest BCUT2D eigenvalue weighted by molar-refractivity contribution is -0.137. The molecule has 0 spiro atoms. The molecule has 0 amide bonds. The summed E-state index contributed by atoms with van der Waals surface area (Å²) in [6.45, 7) is 12.4. The summed E-state index contributed by atoms with van der Waals surface area (Å²) in [6, 6.07) is 15.0. The van der Waals surface area contributed by atoms with E-state index in [1.54, 1.807) is 18.2 Å². The summed E-state index contributed by atoms with van der Waals surface area (Å²) in [7, 11) is 0. The molecule has 8 atom stereocenters. The molecule has 3 fully saturated rings. The Hall–Kier alpha value is -4.13. The maximum Gasteiger partial charge on any atom is 0.358 e. The number of allylic oxidation sites excluding steroid dienone is 3. The molecule has 3 saturated carbocycles. The van der Waals surface area contributed by atoms with E-state index in [9.17, 15) is 9.59 Å². The number of ether oxygens (including phenoxy) is 3. The maximum absolute atomic E-state index is 13.1.